The smallest absolute Gasteiger partial charge is 0.328 e. The zero-order valence-electron chi connectivity index (χ0n) is 16.2. The number of hydrogen-bond donors (Lipinski definition) is 2. The fraction of sp³-hybridized carbons (Fsp3) is 0.714. The van der Waals surface area contributed by atoms with Gasteiger partial charge in [-0.2, -0.15) is 0 Å². The quantitative estimate of drug-likeness (QED) is 0.446. The highest BCUT2D eigenvalue weighted by Gasteiger charge is 2.58. The Kier molecular flexibility index (Phi) is 4.80. The van der Waals surface area contributed by atoms with Crippen molar-refractivity contribution in [2.75, 3.05) is 7.11 Å². The Morgan fingerprint density at radius 2 is 1.92 bits per heavy atom. The molecule has 0 aliphatic heterocycles. The highest BCUT2D eigenvalue weighted by molar-refractivity contribution is 5.81. The van der Waals surface area contributed by atoms with E-state index < -0.39 is 17.5 Å². The van der Waals surface area contributed by atoms with E-state index in [0.29, 0.717) is 12.8 Å². The van der Waals surface area contributed by atoms with Crippen LogP contribution in [0.5, 0.6) is 0 Å². The van der Waals surface area contributed by atoms with Gasteiger partial charge in [0.25, 0.3) is 0 Å². The lowest BCUT2D eigenvalue weighted by atomic mass is 9.47. The van der Waals surface area contributed by atoms with Gasteiger partial charge in [-0.1, -0.05) is 31.4 Å². The molecule has 1 saturated carbocycles. The van der Waals surface area contributed by atoms with Crippen LogP contribution < -0.4 is 0 Å². The number of fused-ring (bicyclic) bond motifs is 2. The molecule has 0 amide bonds. The standard InChI is InChI=1S/C21H30O5/c1-12-13(10-17(23)24)6-7-14-18(12)15(22)11-16-20(14,2)8-5-9-21(16,3)19(25)26-4/h10,12,15-16,22H,5-9,11H2,1-4H3,(H,23,24)/b13-10-/t12-,15?,16-,20-,21+/m1/s1. The molecule has 1 fully saturated rings. The van der Waals surface area contributed by atoms with E-state index in [1.807, 2.05) is 13.8 Å². The van der Waals surface area contributed by atoms with Crippen LogP contribution in [0.15, 0.2) is 22.8 Å². The molecule has 26 heavy (non-hydrogen) atoms. The first-order valence-corrected chi connectivity index (χ1v) is 9.58. The van der Waals surface area contributed by atoms with Crippen LogP contribution in [0.2, 0.25) is 0 Å². The van der Waals surface area contributed by atoms with Gasteiger partial charge in [0.2, 0.25) is 0 Å². The molecule has 3 rings (SSSR count). The molecule has 144 valence electrons. The first-order chi connectivity index (χ1) is 12.1. The van der Waals surface area contributed by atoms with Crippen molar-refractivity contribution in [3.05, 3.63) is 22.8 Å². The van der Waals surface area contributed by atoms with E-state index in [1.54, 1.807) is 0 Å². The maximum Gasteiger partial charge on any atom is 0.328 e. The van der Waals surface area contributed by atoms with Crippen molar-refractivity contribution in [3.63, 3.8) is 0 Å². The lowest BCUT2D eigenvalue weighted by Gasteiger charge is -2.57. The van der Waals surface area contributed by atoms with Crippen molar-refractivity contribution < 1.29 is 24.5 Å². The summed E-state index contributed by atoms with van der Waals surface area (Å²) >= 11 is 0. The number of aliphatic hydroxyl groups is 1. The number of carbonyl (C=O) groups is 2. The van der Waals surface area contributed by atoms with Crippen LogP contribution in [-0.4, -0.2) is 35.4 Å². The number of aliphatic hydroxyl groups excluding tert-OH is 1. The van der Waals surface area contributed by atoms with Gasteiger partial charge in [0.1, 0.15) is 0 Å². The van der Waals surface area contributed by atoms with E-state index in [9.17, 15) is 14.7 Å². The number of esters is 1. The summed E-state index contributed by atoms with van der Waals surface area (Å²) in [6.07, 6.45) is 5.42. The molecule has 0 saturated heterocycles. The van der Waals surface area contributed by atoms with Crippen molar-refractivity contribution in [2.24, 2.45) is 22.7 Å². The Morgan fingerprint density at radius 3 is 2.54 bits per heavy atom. The largest absolute Gasteiger partial charge is 0.478 e. The number of carboxylic acids is 1. The molecule has 5 atom stereocenters. The molecule has 0 bridgehead atoms. The van der Waals surface area contributed by atoms with Gasteiger partial charge in [-0.25, -0.2) is 4.79 Å². The van der Waals surface area contributed by atoms with Crippen LogP contribution in [0.4, 0.5) is 0 Å². The highest BCUT2D eigenvalue weighted by Crippen LogP contribution is 2.63. The van der Waals surface area contributed by atoms with E-state index in [4.69, 9.17) is 9.84 Å². The Morgan fingerprint density at radius 1 is 1.23 bits per heavy atom. The van der Waals surface area contributed by atoms with Gasteiger partial charge < -0.3 is 14.9 Å². The molecule has 5 heteroatoms. The Hall–Kier alpha value is -1.62. The summed E-state index contributed by atoms with van der Waals surface area (Å²) in [5, 5.41) is 20.1. The molecular weight excluding hydrogens is 332 g/mol. The van der Waals surface area contributed by atoms with Crippen LogP contribution in [0.3, 0.4) is 0 Å². The maximum absolute atomic E-state index is 12.6. The van der Waals surface area contributed by atoms with Gasteiger partial charge in [0.05, 0.1) is 18.6 Å². The van der Waals surface area contributed by atoms with Crippen LogP contribution in [0.1, 0.15) is 59.3 Å². The van der Waals surface area contributed by atoms with E-state index >= 15 is 0 Å². The van der Waals surface area contributed by atoms with Crippen LogP contribution in [0.25, 0.3) is 0 Å². The average molecular weight is 362 g/mol. The fourth-order valence-corrected chi connectivity index (χ4v) is 6.14. The predicted octanol–water partition coefficient (Wildman–Crippen LogP) is 3.47. The van der Waals surface area contributed by atoms with Crippen molar-refractivity contribution >= 4 is 11.9 Å². The second-order valence-electron chi connectivity index (χ2n) is 8.70. The summed E-state index contributed by atoms with van der Waals surface area (Å²) in [5.74, 6) is -1.13. The molecule has 0 spiro atoms. The molecule has 0 aromatic carbocycles. The first kappa shape index (κ1) is 19.2. The normalized spacial score (nSPS) is 41.4. The molecule has 0 heterocycles. The van der Waals surface area contributed by atoms with Crippen LogP contribution >= 0.6 is 0 Å². The number of rotatable bonds is 2. The maximum atomic E-state index is 12.6. The lowest BCUT2D eigenvalue weighted by Crippen LogP contribution is -2.54. The molecule has 0 radical (unpaired) electrons. The van der Waals surface area contributed by atoms with Gasteiger partial charge in [-0.3, -0.25) is 4.79 Å². The number of methoxy groups -OCH3 is 1. The Balaban J connectivity index is 2.08. The monoisotopic (exact) mass is 362 g/mol. The van der Waals surface area contributed by atoms with Crippen molar-refractivity contribution in [2.45, 2.75) is 65.4 Å². The molecule has 2 N–H and O–H groups in total. The third-order valence-electron chi connectivity index (χ3n) is 7.43. The SMILES string of the molecule is COC(=O)[C@@]1(C)CCC[C@]2(C)C3=C(C(O)C[C@@H]12)[C@H](C)/C(=C\C(=O)O)CC3. The molecular formula is C21H30O5. The van der Waals surface area contributed by atoms with E-state index in [-0.39, 0.29) is 23.2 Å². The number of carboxylic acid groups (broad SMARTS) is 1. The molecule has 3 aliphatic carbocycles. The molecule has 5 nitrogen and oxygen atoms in total. The van der Waals surface area contributed by atoms with Crippen LogP contribution in [-0.2, 0) is 14.3 Å². The minimum Gasteiger partial charge on any atom is -0.478 e. The minimum atomic E-state index is -0.929. The van der Waals surface area contributed by atoms with E-state index in [1.165, 1.54) is 18.8 Å². The van der Waals surface area contributed by atoms with E-state index in [0.717, 1.165) is 36.8 Å². The summed E-state index contributed by atoms with van der Waals surface area (Å²) in [6.45, 7) is 6.22. The Bertz CT molecular complexity index is 691. The number of aliphatic carboxylic acids is 1. The van der Waals surface area contributed by atoms with Gasteiger partial charge in [0, 0.05) is 12.0 Å². The van der Waals surface area contributed by atoms with Crippen molar-refractivity contribution in [1.29, 1.82) is 0 Å². The van der Waals surface area contributed by atoms with Crippen LogP contribution in [0, 0.1) is 22.7 Å². The topological polar surface area (TPSA) is 83.8 Å². The van der Waals surface area contributed by atoms with Gasteiger partial charge in [0.15, 0.2) is 0 Å². The molecule has 0 aromatic rings. The number of allylic oxidation sites excluding steroid dienone is 2. The highest BCUT2D eigenvalue weighted by atomic mass is 16.5. The first-order valence-electron chi connectivity index (χ1n) is 9.58. The van der Waals surface area contributed by atoms with Gasteiger partial charge in [-0.05, 0) is 55.9 Å². The number of hydrogen-bond acceptors (Lipinski definition) is 4. The fourth-order valence-electron chi connectivity index (χ4n) is 6.14. The predicted molar refractivity (Wildman–Crippen MR) is 97.3 cm³/mol. The summed E-state index contributed by atoms with van der Waals surface area (Å²) in [5.41, 5.74) is 2.41. The van der Waals surface area contributed by atoms with E-state index in [2.05, 4.69) is 6.92 Å². The van der Waals surface area contributed by atoms with Crippen molar-refractivity contribution in [1.82, 2.24) is 0 Å². The zero-order valence-corrected chi connectivity index (χ0v) is 16.2. The van der Waals surface area contributed by atoms with Gasteiger partial charge >= 0.3 is 11.9 Å². The lowest BCUT2D eigenvalue weighted by molar-refractivity contribution is -0.164. The minimum absolute atomic E-state index is 0.0437. The molecule has 3 aliphatic rings. The number of ether oxygens (including phenoxy) is 1. The summed E-state index contributed by atoms with van der Waals surface area (Å²) in [7, 11) is 1.44. The zero-order chi connectivity index (χ0) is 19.3. The average Bonchev–Trinajstić information content (AvgIpc) is 2.58. The van der Waals surface area contributed by atoms with Crippen molar-refractivity contribution in [3.8, 4) is 0 Å². The third-order valence-corrected chi connectivity index (χ3v) is 7.43. The summed E-state index contributed by atoms with van der Waals surface area (Å²) in [6, 6.07) is 0. The Labute approximate surface area is 155 Å². The third kappa shape index (κ3) is 2.72. The van der Waals surface area contributed by atoms with Gasteiger partial charge in [-0.15, -0.1) is 0 Å². The summed E-state index contributed by atoms with van der Waals surface area (Å²) in [4.78, 5) is 23.7. The second kappa shape index (κ2) is 6.52. The molecule has 1 unspecified atom stereocenters. The number of carbonyl (C=O) groups excluding carboxylic acids is 1. The summed E-state index contributed by atoms with van der Waals surface area (Å²) < 4.78 is 5.13. The molecule has 0 aromatic heterocycles. The second-order valence-corrected chi connectivity index (χ2v) is 8.70.